The Hall–Kier alpha value is -5.74. The van der Waals surface area contributed by atoms with E-state index in [-0.39, 0.29) is 28.8 Å². The van der Waals surface area contributed by atoms with Crippen molar-refractivity contribution >= 4 is 36.4 Å². The Balaban J connectivity index is 0.000000294. The molecule has 0 spiro atoms. The molecule has 0 saturated heterocycles. The average Bonchev–Trinajstić information content (AvgIpc) is 3.82. The summed E-state index contributed by atoms with van der Waals surface area (Å²) in [6, 6.07) is 11.1. The molecule has 236 valence electrons. The Morgan fingerprint density at radius 2 is 0.886 bits per heavy atom. The molecule has 0 amide bonds. The van der Waals surface area contributed by atoms with Crippen molar-refractivity contribution in [3.63, 3.8) is 0 Å². The SMILES string of the molecule is CCOCc1ccc(C(=O)O)o1.CCOCc1ccc(C=O)o1.O=C(O)c1ccc(C(=O)O)o1.O=Cc1ccc(C(=O)O)o1. The van der Waals surface area contributed by atoms with E-state index in [0.29, 0.717) is 56.3 Å². The largest absolute Gasteiger partial charge is 0.475 e. The third kappa shape index (κ3) is 13.3. The van der Waals surface area contributed by atoms with Crippen LogP contribution in [0.2, 0.25) is 0 Å². The van der Waals surface area contributed by atoms with Crippen molar-refractivity contribution in [3.05, 3.63) is 94.6 Å². The number of hydrogen-bond donors (Lipinski definition) is 4. The number of carbonyl (C=O) groups excluding carboxylic acids is 2. The van der Waals surface area contributed by atoms with E-state index in [1.165, 1.54) is 18.2 Å². The zero-order valence-electron chi connectivity index (χ0n) is 23.3. The van der Waals surface area contributed by atoms with Crippen molar-refractivity contribution in [2.24, 2.45) is 0 Å². The summed E-state index contributed by atoms with van der Waals surface area (Å²) in [5.41, 5.74) is 0. The highest BCUT2D eigenvalue weighted by Crippen LogP contribution is 2.09. The highest BCUT2D eigenvalue weighted by molar-refractivity contribution is 5.89. The molecule has 0 saturated carbocycles. The van der Waals surface area contributed by atoms with E-state index in [1.54, 1.807) is 18.2 Å². The molecule has 4 heterocycles. The highest BCUT2D eigenvalue weighted by Gasteiger charge is 2.13. The molecule has 0 fully saturated rings. The van der Waals surface area contributed by atoms with Gasteiger partial charge in [0.1, 0.15) is 24.7 Å². The van der Waals surface area contributed by atoms with E-state index < -0.39 is 23.9 Å². The molecule has 0 bridgehead atoms. The van der Waals surface area contributed by atoms with Gasteiger partial charge < -0.3 is 47.6 Å². The molecule has 0 radical (unpaired) electrons. The summed E-state index contributed by atoms with van der Waals surface area (Å²) in [5, 5.41) is 33.4. The monoisotopic (exact) mass is 620 g/mol. The van der Waals surface area contributed by atoms with Crippen molar-refractivity contribution in [3.8, 4) is 0 Å². The van der Waals surface area contributed by atoms with Crippen molar-refractivity contribution < 1.29 is 76.3 Å². The summed E-state index contributed by atoms with van der Waals surface area (Å²) in [7, 11) is 0. The molecule has 4 rings (SSSR count). The highest BCUT2D eigenvalue weighted by atomic mass is 16.5. The Bertz CT molecular complexity index is 1470. The van der Waals surface area contributed by atoms with Gasteiger partial charge in [0, 0.05) is 13.2 Å². The van der Waals surface area contributed by atoms with Gasteiger partial charge in [0.15, 0.2) is 24.1 Å². The lowest BCUT2D eigenvalue weighted by atomic mass is 10.4. The van der Waals surface area contributed by atoms with E-state index in [0.717, 1.165) is 12.1 Å². The van der Waals surface area contributed by atoms with E-state index in [1.807, 2.05) is 13.8 Å². The molecule has 0 aliphatic rings. The molecule has 4 aromatic heterocycles. The predicted molar refractivity (Wildman–Crippen MR) is 144 cm³/mol. The predicted octanol–water partition coefficient (Wildman–Crippen LogP) is 4.61. The molecule has 4 N–H and O–H groups in total. The van der Waals surface area contributed by atoms with Crippen LogP contribution in [0, 0.1) is 0 Å². The van der Waals surface area contributed by atoms with Crippen LogP contribution in [0.25, 0.3) is 0 Å². The number of hydrogen-bond acceptors (Lipinski definition) is 12. The maximum absolute atomic E-state index is 10.4. The van der Waals surface area contributed by atoms with Crippen molar-refractivity contribution in [1.29, 1.82) is 0 Å². The van der Waals surface area contributed by atoms with Crippen LogP contribution in [0.3, 0.4) is 0 Å². The third-order valence-electron chi connectivity index (χ3n) is 4.55. The molecule has 4 aromatic rings. The van der Waals surface area contributed by atoms with Gasteiger partial charge in [-0.25, -0.2) is 19.2 Å². The van der Waals surface area contributed by atoms with Crippen molar-refractivity contribution in [2.45, 2.75) is 27.1 Å². The molecule has 0 aromatic carbocycles. The van der Waals surface area contributed by atoms with Crippen LogP contribution >= 0.6 is 0 Å². The van der Waals surface area contributed by atoms with Crippen LogP contribution in [0.15, 0.2) is 66.2 Å². The van der Waals surface area contributed by atoms with Gasteiger partial charge >= 0.3 is 23.9 Å². The van der Waals surface area contributed by atoms with Crippen LogP contribution in [-0.2, 0) is 22.7 Å². The van der Waals surface area contributed by atoms with Crippen LogP contribution < -0.4 is 0 Å². The van der Waals surface area contributed by atoms with Crippen LogP contribution in [0.5, 0.6) is 0 Å². The van der Waals surface area contributed by atoms with Gasteiger partial charge in [0.05, 0.1) is 0 Å². The summed E-state index contributed by atoms with van der Waals surface area (Å²) in [6.07, 6.45) is 1.13. The molecule has 16 nitrogen and oxygen atoms in total. The van der Waals surface area contributed by atoms with Crippen molar-refractivity contribution in [2.75, 3.05) is 13.2 Å². The first kappa shape index (κ1) is 36.3. The first-order valence-electron chi connectivity index (χ1n) is 12.3. The van der Waals surface area contributed by atoms with Gasteiger partial charge in [-0.15, -0.1) is 0 Å². The normalized spacial score (nSPS) is 9.68. The lowest BCUT2D eigenvalue weighted by Gasteiger charge is -1.95. The number of carbonyl (C=O) groups is 6. The van der Waals surface area contributed by atoms with E-state index in [4.69, 9.17) is 38.7 Å². The summed E-state index contributed by atoms with van der Waals surface area (Å²) < 4.78 is 29.0. The molecular weight excluding hydrogens is 592 g/mol. The fourth-order valence-electron chi connectivity index (χ4n) is 2.61. The quantitative estimate of drug-likeness (QED) is 0.158. The topological polar surface area (TPSA) is 254 Å². The molecule has 0 aliphatic carbocycles. The fourth-order valence-corrected chi connectivity index (χ4v) is 2.61. The zero-order chi connectivity index (χ0) is 33.1. The fraction of sp³-hybridized carbons (Fsp3) is 0.214. The standard InChI is InChI=1S/C8H10O4.C8H10O3.C6H4O5.C6H4O4/c1-2-11-5-6-3-4-7(12-6)8(9)10;1-2-10-6-8-4-3-7(5-9)11-8;7-5(8)3-1-2-4(11-3)6(9)10;7-3-4-1-2-5(10-4)6(8)9/h3-4H,2,5H2,1H3,(H,9,10);3-5H,2,6H2,1H3;1-2H,(H,7,8)(H,9,10);1-3H,(H,8,9). The lowest BCUT2D eigenvalue weighted by molar-refractivity contribution is 0.0622. The average molecular weight is 621 g/mol. The number of carboxylic acids is 4. The number of rotatable bonds is 12. The van der Waals surface area contributed by atoms with Gasteiger partial charge in [-0.2, -0.15) is 0 Å². The van der Waals surface area contributed by atoms with Gasteiger partial charge in [-0.05, 0) is 62.4 Å². The van der Waals surface area contributed by atoms with E-state index >= 15 is 0 Å². The summed E-state index contributed by atoms with van der Waals surface area (Å²) in [4.78, 5) is 60.9. The number of carboxylic acid groups (broad SMARTS) is 4. The molecule has 0 aliphatic heterocycles. The Labute approximate surface area is 248 Å². The third-order valence-corrected chi connectivity index (χ3v) is 4.55. The molecule has 44 heavy (non-hydrogen) atoms. The molecule has 16 heteroatoms. The summed E-state index contributed by atoms with van der Waals surface area (Å²) in [5.74, 6) is -4.21. The number of furan rings is 4. The maximum atomic E-state index is 10.4. The van der Waals surface area contributed by atoms with Crippen LogP contribution in [0.1, 0.15) is 88.7 Å². The van der Waals surface area contributed by atoms with Gasteiger partial charge in [0.2, 0.25) is 23.0 Å². The van der Waals surface area contributed by atoms with Gasteiger partial charge in [-0.1, -0.05) is 0 Å². The second kappa shape index (κ2) is 19.4. The van der Waals surface area contributed by atoms with Crippen LogP contribution in [0.4, 0.5) is 0 Å². The number of aldehydes is 2. The molecule has 0 atom stereocenters. The Morgan fingerprint density at radius 1 is 0.545 bits per heavy atom. The smallest absolute Gasteiger partial charge is 0.371 e. The number of ether oxygens (including phenoxy) is 2. The minimum absolute atomic E-state index is 0.0254. The second-order valence-corrected chi connectivity index (χ2v) is 7.67. The van der Waals surface area contributed by atoms with Gasteiger partial charge in [-0.3, -0.25) is 9.59 Å². The van der Waals surface area contributed by atoms with Crippen molar-refractivity contribution in [1.82, 2.24) is 0 Å². The lowest BCUT2D eigenvalue weighted by Crippen LogP contribution is -1.94. The van der Waals surface area contributed by atoms with E-state index in [9.17, 15) is 28.8 Å². The minimum Gasteiger partial charge on any atom is -0.475 e. The molecular formula is C28H28O16. The van der Waals surface area contributed by atoms with Crippen LogP contribution in [-0.4, -0.2) is 70.1 Å². The van der Waals surface area contributed by atoms with Gasteiger partial charge in [0.25, 0.3) is 0 Å². The van der Waals surface area contributed by atoms with E-state index in [2.05, 4.69) is 8.83 Å². The molecule has 0 unspecified atom stereocenters. The first-order valence-corrected chi connectivity index (χ1v) is 12.3. The summed E-state index contributed by atoms with van der Waals surface area (Å²) in [6.45, 7) is 5.76. The first-order chi connectivity index (χ1) is 20.9. The maximum Gasteiger partial charge on any atom is 0.371 e. The number of aromatic carboxylic acids is 4. The summed E-state index contributed by atoms with van der Waals surface area (Å²) >= 11 is 0. The zero-order valence-corrected chi connectivity index (χ0v) is 23.3. The minimum atomic E-state index is -1.28. The second-order valence-electron chi connectivity index (χ2n) is 7.67. The Kier molecular flexibility index (Phi) is 16.0. The Morgan fingerprint density at radius 3 is 1.23 bits per heavy atom.